The minimum atomic E-state index is -3.96. The molecule has 0 saturated heterocycles. The Kier molecular flexibility index (Phi) is 4.46. The van der Waals surface area contributed by atoms with Gasteiger partial charge in [0, 0.05) is 6.26 Å². The van der Waals surface area contributed by atoms with E-state index in [0.29, 0.717) is 0 Å². The summed E-state index contributed by atoms with van der Waals surface area (Å²) in [5.41, 5.74) is 0.0234. The largest absolute Gasteiger partial charge is 0.278 e. The van der Waals surface area contributed by atoms with Gasteiger partial charge in [0.2, 0.25) is 0 Å². The Morgan fingerprint density at radius 3 is 2.00 bits per heavy atom. The van der Waals surface area contributed by atoms with E-state index in [9.17, 15) is 21.2 Å². The topological polar surface area (TPSA) is 80.3 Å². The van der Waals surface area contributed by atoms with E-state index in [0.717, 1.165) is 30.5 Å². The number of sulfonamides is 1. The lowest BCUT2D eigenvalue weighted by atomic mass is 10.3. The molecule has 0 saturated carbocycles. The maximum absolute atomic E-state index is 12.9. The molecule has 2 rings (SSSR count). The highest BCUT2D eigenvalue weighted by atomic mass is 35.5. The third kappa shape index (κ3) is 3.76. The normalized spacial score (nSPS) is 12.1. The first-order valence-electron chi connectivity index (χ1n) is 5.87. The van der Waals surface area contributed by atoms with E-state index < -0.39 is 25.7 Å². The summed E-state index contributed by atoms with van der Waals surface area (Å²) in [5.74, 6) is -0.592. The van der Waals surface area contributed by atoms with Crippen LogP contribution in [0.15, 0.2) is 52.3 Å². The summed E-state index contributed by atoms with van der Waals surface area (Å²) < 4.78 is 62.2. The zero-order valence-corrected chi connectivity index (χ0v) is 13.6. The Balaban J connectivity index is 2.34. The van der Waals surface area contributed by atoms with Crippen LogP contribution in [0.1, 0.15) is 0 Å². The van der Waals surface area contributed by atoms with Gasteiger partial charge in [0.25, 0.3) is 10.0 Å². The highest BCUT2D eigenvalue weighted by molar-refractivity contribution is 7.92. The van der Waals surface area contributed by atoms with Crippen LogP contribution in [0.5, 0.6) is 0 Å². The minimum Gasteiger partial charge on any atom is -0.278 e. The summed E-state index contributed by atoms with van der Waals surface area (Å²) in [7, 11) is -7.38. The molecule has 0 amide bonds. The lowest BCUT2D eigenvalue weighted by Crippen LogP contribution is -2.13. The van der Waals surface area contributed by atoms with Gasteiger partial charge in [-0.05, 0) is 42.5 Å². The molecule has 5 nitrogen and oxygen atoms in total. The molecule has 0 atom stereocenters. The van der Waals surface area contributed by atoms with Gasteiger partial charge in [-0.2, -0.15) is 0 Å². The quantitative estimate of drug-likeness (QED) is 0.905. The summed E-state index contributed by atoms with van der Waals surface area (Å²) in [4.78, 5) is -0.133. The van der Waals surface area contributed by atoms with Crippen LogP contribution in [0.25, 0.3) is 0 Å². The van der Waals surface area contributed by atoms with Gasteiger partial charge >= 0.3 is 0 Å². The number of rotatable bonds is 4. The molecule has 0 aliphatic carbocycles. The van der Waals surface area contributed by atoms with Crippen molar-refractivity contribution in [2.24, 2.45) is 0 Å². The molecule has 118 valence electrons. The van der Waals surface area contributed by atoms with Gasteiger partial charge in [-0.3, -0.25) is 4.72 Å². The summed E-state index contributed by atoms with van der Waals surface area (Å²) in [6.45, 7) is 0. The molecule has 22 heavy (non-hydrogen) atoms. The van der Waals surface area contributed by atoms with E-state index in [1.165, 1.54) is 18.2 Å². The molecule has 0 aliphatic heterocycles. The average molecular weight is 364 g/mol. The molecule has 2 aromatic rings. The number of hydrogen-bond acceptors (Lipinski definition) is 4. The number of nitrogens with one attached hydrogen (secondary N) is 1. The van der Waals surface area contributed by atoms with Crippen LogP contribution >= 0.6 is 11.6 Å². The Morgan fingerprint density at radius 2 is 1.50 bits per heavy atom. The average Bonchev–Trinajstić information content (AvgIpc) is 2.41. The van der Waals surface area contributed by atoms with Crippen molar-refractivity contribution in [1.29, 1.82) is 0 Å². The highest BCUT2D eigenvalue weighted by Crippen LogP contribution is 2.25. The van der Waals surface area contributed by atoms with Gasteiger partial charge in [0.05, 0.1) is 20.5 Å². The number of hydrogen-bond donors (Lipinski definition) is 1. The molecule has 0 aliphatic rings. The van der Waals surface area contributed by atoms with Gasteiger partial charge in [0.15, 0.2) is 9.84 Å². The van der Waals surface area contributed by atoms with Crippen LogP contribution in [0.3, 0.4) is 0 Å². The lowest BCUT2D eigenvalue weighted by molar-refractivity contribution is 0.597. The van der Waals surface area contributed by atoms with Gasteiger partial charge in [-0.25, -0.2) is 21.2 Å². The second kappa shape index (κ2) is 5.86. The predicted molar refractivity (Wildman–Crippen MR) is 81.8 cm³/mol. The smallest absolute Gasteiger partial charge is 0.261 e. The highest BCUT2D eigenvalue weighted by Gasteiger charge is 2.17. The van der Waals surface area contributed by atoms with Crippen molar-refractivity contribution in [1.82, 2.24) is 0 Å². The Labute approximate surface area is 132 Å². The fourth-order valence-corrected chi connectivity index (χ4v) is 3.62. The molecule has 0 aromatic heterocycles. The van der Waals surface area contributed by atoms with E-state index in [1.807, 2.05) is 0 Å². The molecule has 9 heteroatoms. The molecule has 0 unspecified atom stereocenters. The fraction of sp³-hybridized carbons (Fsp3) is 0.0769. The number of benzene rings is 2. The van der Waals surface area contributed by atoms with Crippen molar-refractivity contribution >= 4 is 37.1 Å². The van der Waals surface area contributed by atoms with Crippen molar-refractivity contribution in [2.45, 2.75) is 9.79 Å². The first-order chi connectivity index (χ1) is 10.1. The SMILES string of the molecule is CS(=O)(=O)c1ccc(S(=O)(=O)Nc2ccc(F)cc2Cl)cc1. The number of anilines is 1. The van der Waals surface area contributed by atoms with Crippen LogP contribution in [-0.4, -0.2) is 23.1 Å². The van der Waals surface area contributed by atoms with Crippen molar-refractivity contribution in [2.75, 3.05) is 11.0 Å². The van der Waals surface area contributed by atoms with Gasteiger partial charge in [-0.1, -0.05) is 11.6 Å². The second-order valence-corrected chi connectivity index (χ2v) is 8.58. The number of sulfone groups is 1. The summed E-state index contributed by atoms with van der Waals surface area (Å²) in [5, 5.41) is -0.0867. The minimum absolute atomic E-state index is 0.00580. The summed E-state index contributed by atoms with van der Waals surface area (Å²) >= 11 is 5.76. The molecule has 0 spiro atoms. The summed E-state index contributed by atoms with van der Waals surface area (Å²) in [6.07, 6.45) is 1.02. The number of halogens is 2. The van der Waals surface area contributed by atoms with E-state index >= 15 is 0 Å². The zero-order valence-electron chi connectivity index (χ0n) is 11.2. The third-order valence-corrected chi connectivity index (χ3v) is 5.56. The fourth-order valence-electron chi connectivity index (χ4n) is 1.64. The van der Waals surface area contributed by atoms with E-state index in [4.69, 9.17) is 11.6 Å². The first kappa shape index (κ1) is 16.7. The lowest BCUT2D eigenvalue weighted by Gasteiger charge is -2.10. The Morgan fingerprint density at radius 1 is 0.955 bits per heavy atom. The third-order valence-electron chi connectivity index (χ3n) is 2.74. The van der Waals surface area contributed by atoms with Crippen molar-refractivity contribution in [3.8, 4) is 0 Å². The Hall–Kier alpha value is -1.64. The monoisotopic (exact) mass is 363 g/mol. The standard InChI is InChI=1S/C13H11ClFNO4S2/c1-21(17,18)10-3-5-11(6-4-10)22(19,20)16-13-7-2-9(15)8-12(13)14/h2-8,16H,1H3. The van der Waals surface area contributed by atoms with Crippen LogP contribution in [0, 0.1) is 5.82 Å². The van der Waals surface area contributed by atoms with Gasteiger partial charge < -0.3 is 0 Å². The van der Waals surface area contributed by atoms with Crippen LogP contribution < -0.4 is 4.72 Å². The van der Waals surface area contributed by atoms with E-state index in [1.54, 1.807) is 0 Å². The maximum Gasteiger partial charge on any atom is 0.261 e. The van der Waals surface area contributed by atoms with Gasteiger partial charge in [0.1, 0.15) is 5.82 Å². The molecule has 0 bridgehead atoms. The molecule has 0 fully saturated rings. The van der Waals surface area contributed by atoms with Crippen molar-refractivity contribution in [3.63, 3.8) is 0 Å². The van der Waals surface area contributed by atoms with Crippen molar-refractivity contribution in [3.05, 3.63) is 53.3 Å². The maximum atomic E-state index is 12.9. The van der Waals surface area contributed by atoms with Gasteiger partial charge in [-0.15, -0.1) is 0 Å². The zero-order chi connectivity index (χ0) is 16.5. The Bertz CT molecular complexity index is 910. The molecule has 2 aromatic carbocycles. The molecule has 0 heterocycles. The van der Waals surface area contributed by atoms with Crippen molar-refractivity contribution < 1.29 is 21.2 Å². The summed E-state index contributed by atoms with van der Waals surface area (Å²) in [6, 6.07) is 7.95. The van der Waals surface area contributed by atoms with E-state index in [2.05, 4.69) is 4.72 Å². The molecule has 0 radical (unpaired) electrons. The van der Waals surface area contributed by atoms with Crippen LogP contribution in [-0.2, 0) is 19.9 Å². The molecule has 1 N–H and O–H groups in total. The van der Waals surface area contributed by atoms with Crippen LogP contribution in [0.4, 0.5) is 10.1 Å². The van der Waals surface area contributed by atoms with E-state index in [-0.39, 0.29) is 20.5 Å². The van der Waals surface area contributed by atoms with Crippen LogP contribution in [0.2, 0.25) is 5.02 Å². The molecular formula is C13H11ClFNO4S2. The second-order valence-electron chi connectivity index (χ2n) is 4.47. The molecular weight excluding hydrogens is 353 g/mol. The first-order valence-corrected chi connectivity index (χ1v) is 9.63. The predicted octanol–water partition coefficient (Wildman–Crippen LogP) is 2.68.